The summed E-state index contributed by atoms with van der Waals surface area (Å²) in [5.41, 5.74) is 1.42. The van der Waals surface area contributed by atoms with Crippen molar-refractivity contribution in [1.82, 2.24) is 20.9 Å². The van der Waals surface area contributed by atoms with Gasteiger partial charge >= 0.3 is 0 Å². The lowest BCUT2D eigenvalue weighted by Gasteiger charge is -2.35. The molecule has 1 spiro atoms. The minimum absolute atomic E-state index is 0.00681. The van der Waals surface area contributed by atoms with Gasteiger partial charge in [0.15, 0.2) is 5.60 Å². The predicted molar refractivity (Wildman–Crippen MR) is 200 cm³/mol. The van der Waals surface area contributed by atoms with E-state index in [1.165, 1.54) is 4.90 Å². The first-order valence-electron chi connectivity index (χ1n) is 18.5. The molecule has 2 saturated carbocycles. The van der Waals surface area contributed by atoms with Crippen LogP contribution in [0.15, 0.2) is 47.6 Å². The van der Waals surface area contributed by atoms with Crippen molar-refractivity contribution in [3.8, 4) is 5.75 Å². The number of methoxy groups -OCH3 is 1. The molecule has 6 atom stereocenters. The molecule has 2 aromatic carbocycles. The highest BCUT2D eigenvalue weighted by Crippen LogP contribution is 2.48. The lowest BCUT2D eigenvalue weighted by molar-refractivity contribution is -0.145. The minimum Gasteiger partial charge on any atom is -0.495 e. The molecule has 13 heteroatoms. The fourth-order valence-corrected chi connectivity index (χ4v) is 7.87. The van der Waals surface area contributed by atoms with Gasteiger partial charge in [0.05, 0.1) is 30.4 Å². The summed E-state index contributed by atoms with van der Waals surface area (Å²) in [5.74, 6) is -2.32. The van der Waals surface area contributed by atoms with Crippen LogP contribution in [0.5, 0.6) is 5.75 Å². The van der Waals surface area contributed by atoms with Crippen LogP contribution in [0.2, 0.25) is 5.02 Å². The summed E-state index contributed by atoms with van der Waals surface area (Å²) in [4.78, 5) is 76.3. The number of hydrogen-bond acceptors (Lipinski definition) is 8. The van der Waals surface area contributed by atoms with E-state index in [4.69, 9.17) is 21.2 Å². The molecule has 53 heavy (non-hydrogen) atoms. The molecule has 4 amide bonds. The quantitative estimate of drug-likeness (QED) is 0.253. The molecule has 3 fully saturated rings. The lowest BCUT2D eigenvalue weighted by Crippen LogP contribution is -2.59. The predicted octanol–water partition coefficient (Wildman–Crippen LogP) is 4.59. The number of hydrogen-bond donors (Lipinski definition) is 3. The highest BCUT2D eigenvalue weighted by molar-refractivity contribution is 6.38. The Balaban J connectivity index is 1.25. The molecule has 4 aliphatic rings. The molecule has 12 nitrogen and oxygen atoms in total. The van der Waals surface area contributed by atoms with Crippen molar-refractivity contribution in [1.29, 1.82) is 0 Å². The highest BCUT2D eigenvalue weighted by Gasteiger charge is 2.56. The fraction of sp³-hybridized carbons (Fsp3) is 0.550. The molecule has 6 rings (SSSR count). The molecule has 2 aliphatic heterocycles. The summed E-state index contributed by atoms with van der Waals surface area (Å²) >= 11 is 6.52. The average molecular weight is 748 g/mol. The van der Waals surface area contributed by atoms with Gasteiger partial charge in [-0.05, 0) is 67.2 Å². The van der Waals surface area contributed by atoms with Crippen LogP contribution in [0.3, 0.4) is 0 Å². The molecular weight excluding hydrogens is 698 g/mol. The van der Waals surface area contributed by atoms with Crippen molar-refractivity contribution >= 4 is 46.7 Å². The van der Waals surface area contributed by atoms with Crippen LogP contribution < -0.4 is 20.7 Å². The van der Waals surface area contributed by atoms with E-state index in [2.05, 4.69) is 21.1 Å². The Labute approximate surface area is 315 Å². The third kappa shape index (κ3) is 8.37. The summed E-state index contributed by atoms with van der Waals surface area (Å²) in [6.45, 7) is 9.36. The van der Waals surface area contributed by atoms with E-state index in [-0.39, 0.29) is 49.6 Å². The highest BCUT2D eigenvalue weighted by atomic mass is 35.5. The van der Waals surface area contributed by atoms with Crippen LogP contribution in [0.1, 0.15) is 95.2 Å². The van der Waals surface area contributed by atoms with Gasteiger partial charge in [0.2, 0.25) is 23.5 Å². The van der Waals surface area contributed by atoms with Gasteiger partial charge < -0.3 is 30.4 Å². The maximum absolute atomic E-state index is 14.7. The van der Waals surface area contributed by atoms with E-state index in [0.29, 0.717) is 29.3 Å². The van der Waals surface area contributed by atoms with Gasteiger partial charge in [-0.15, -0.1) is 0 Å². The second kappa shape index (κ2) is 15.1. The number of carbonyl (C=O) groups excluding carboxylic acids is 5. The van der Waals surface area contributed by atoms with E-state index in [0.717, 1.165) is 29.5 Å². The fourth-order valence-electron chi connectivity index (χ4n) is 7.53. The molecule has 0 bridgehead atoms. The number of oxime groups is 1. The molecule has 284 valence electrons. The first kappa shape index (κ1) is 38.3. The zero-order valence-corrected chi connectivity index (χ0v) is 32.0. The molecule has 1 saturated heterocycles. The van der Waals surface area contributed by atoms with Crippen molar-refractivity contribution in [2.45, 2.75) is 115 Å². The molecule has 2 aromatic rings. The number of aryl methyl sites for hydroxylation is 1. The second-order valence-electron chi connectivity index (χ2n) is 16.1. The number of amides is 4. The number of ether oxygens (including phenoxy) is 1. The second-order valence-corrected chi connectivity index (χ2v) is 16.5. The van der Waals surface area contributed by atoms with Gasteiger partial charge in [-0.1, -0.05) is 81.2 Å². The molecule has 2 heterocycles. The number of benzene rings is 2. The van der Waals surface area contributed by atoms with Crippen LogP contribution in [-0.2, 0) is 28.8 Å². The van der Waals surface area contributed by atoms with Crippen molar-refractivity contribution in [2.75, 3.05) is 13.7 Å². The smallest absolute Gasteiger partial charge is 0.289 e. The minimum atomic E-state index is -1.07. The maximum Gasteiger partial charge on any atom is 0.289 e. The maximum atomic E-state index is 14.7. The first-order valence-corrected chi connectivity index (χ1v) is 18.9. The van der Waals surface area contributed by atoms with Gasteiger partial charge in [-0.2, -0.15) is 0 Å². The van der Waals surface area contributed by atoms with Gasteiger partial charge in [-0.25, -0.2) is 0 Å². The lowest BCUT2D eigenvalue weighted by atomic mass is 9.85. The molecule has 0 aromatic heterocycles. The Hall–Kier alpha value is -4.45. The number of carbonyl (C=O) groups is 5. The Morgan fingerprint density at radius 1 is 1.08 bits per heavy atom. The largest absolute Gasteiger partial charge is 0.495 e. The number of rotatable bonds is 13. The van der Waals surface area contributed by atoms with E-state index in [1.807, 2.05) is 71.0 Å². The molecule has 2 aliphatic carbocycles. The Morgan fingerprint density at radius 3 is 2.42 bits per heavy atom. The van der Waals surface area contributed by atoms with Crippen molar-refractivity contribution in [2.24, 2.45) is 16.5 Å². The zero-order chi connectivity index (χ0) is 38.2. The van der Waals surface area contributed by atoms with Gasteiger partial charge in [0, 0.05) is 30.4 Å². The third-order valence-corrected chi connectivity index (χ3v) is 11.0. The Kier molecular flexibility index (Phi) is 10.9. The summed E-state index contributed by atoms with van der Waals surface area (Å²) in [6.07, 6.45) is 3.46. The summed E-state index contributed by atoms with van der Waals surface area (Å²) in [6, 6.07) is 10.3. The topological polar surface area (TPSA) is 156 Å². The van der Waals surface area contributed by atoms with E-state index in [1.54, 1.807) is 13.2 Å². The summed E-state index contributed by atoms with van der Waals surface area (Å²) in [5, 5.41) is 13.4. The van der Waals surface area contributed by atoms with Crippen LogP contribution in [0, 0.1) is 18.3 Å². The van der Waals surface area contributed by atoms with Gasteiger partial charge in [0.1, 0.15) is 17.8 Å². The van der Waals surface area contributed by atoms with Crippen LogP contribution in [-0.4, -0.2) is 83.4 Å². The van der Waals surface area contributed by atoms with Crippen LogP contribution in [0.25, 0.3) is 0 Å². The first-order chi connectivity index (χ1) is 25.1. The number of nitrogens with one attached hydrogen (secondary N) is 3. The van der Waals surface area contributed by atoms with E-state index in [9.17, 15) is 24.0 Å². The Morgan fingerprint density at radius 2 is 1.79 bits per heavy atom. The average Bonchev–Trinajstić information content (AvgIpc) is 4.04. The third-order valence-electron chi connectivity index (χ3n) is 10.7. The molecule has 0 radical (unpaired) electrons. The standard InChI is InChI=1S/C40H50ClN5O7/c1-7-11-29(32(47)37(50)42-25-14-15-25)43-36(49)31-20-40(19-30(45-53-40)24-16-22(2)33(52-6)28(41)17-24)21-46(31)38(51)34(39(3,4)5)44-35(48)27-18-26(27)23-12-9-8-10-13-23/h8-10,12-13,16-17,25-27,29,31,34H,7,11,14-15,18-21H2,1-6H3,(H,42,50)(H,43,49)(H,44,48)/t26-,27+,29-,31-,34+,40+/m0/s1. The van der Waals surface area contributed by atoms with Crippen molar-refractivity contribution < 1.29 is 33.5 Å². The van der Waals surface area contributed by atoms with E-state index >= 15 is 0 Å². The number of Topliss-reactive ketones (excluding diaryl/α,β-unsaturated/α-hetero) is 1. The van der Waals surface area contributed by atoms with Crippen molar-refractivity contribution in [3.05, 3.63) is 64.2 Å². The SMILES string of the molecule is CCC[C@H](NC(=O)[C@@H]1C[C@]2(CC(c3cc(C)c(OC)c(Cl)c3)=NO2)CN1C(=O)[C@@H](NC(=O)[C@@H]1C[C@H]1c1ccccc1)C(C)(C)C)C(=O)C(=O)NC1CC1. The van der Waals surface area contributed by atoms with Gasteiger partial charge in [-0.3, -0.25) is 24.0 Å². The molecule has 3 N–H and O–H groups in total. The van der Waals surface area contributed by atoms with Crippen molar-refractivity contribution in [3.63, 3.8) is 0 Å². The number of nitrogens with zero attached hydrogens (tertiary/aromatic N) is 2. The summed E-state index contributed by atoms with van der Waals surface area (Å²) in [7, 11) is 1.55. The number of likely N-dealkylation sites (tertiary alicyclic amines) is 1. The van der Waals surface area contributed by atoms with Crippen LogP contribution >= 0.6 is 11.6 Å². The number of halogens is 1. The monoisotopic (exact) mass is 747 g/mol. The number of ketones is 1. The van der Waals surface area contributed by atoms with E-state index < -0.39 is 52.6 Å². The van der Waals surface area contributed by atoms with Gasteiger partial charge in [0.25, 0.3) is 5.91 Å². The normalized spacial score (nSPS) is 24.5. The zero-order valence-electron chi connectivity index (χ0n) is 31.3. The van der Waals surface area contributed by atoms with Crippen LogP contribution in [0.4, 0.5) is 0 Å². The molecular formula is C40H50ClN5O7. The Bertz CT molecular complexity index is 1780. The summed E-state index contributed by atoms with van der Waals surface area (Å²) < 4.78 is 5.42. The molecule has 0 unspecified atom stereocenters.